The van der Waals surface area contributed by atoms with Gasteiger partial charge in [-0.15, -0.1) is 0 Å². The third-order valence-corrected chi connectivity index (χ3v) is 7.69. The van der Waals surface area contributed by atoms with Gasteiger partial charge < -0.3 is 0 Å². The van der Waals surface area contributed by atoms with Crippen LogP contribution in [0.2, 0.25) is 0 Å². The zero-order valence-corrected chi connectivity index (χ0v) is 13.4. The van der Waals surface area contributed by atoms with Crippen LogP contribution in [0.25, 0.3) is 0 Å². The van der Waals surface area contributed by atoms with Gasteiger partial charge in [0.05, 0.1) is 10.9 Å². The van der Waals surface area contributed by atoms with Gasteiger partial charge in [0.1, 0.15) is 0 Å². The van der Waals surface area contributed by atoms with Gasteiger partial charge in [-0.2, -0.15) is 10.2 Å². The first-order valence-corrected chi connectivity index (χ1v) is 8.88. The summed E-state index contributed by atoms with van der Waals surface area (Å²) in [5.41, 5.74) is 3.49. The van der Waals surface area contributed by atoms with E-state index in [1.165, 1.54) is 49.4 Å². The molecule has 4 saturated carbocycles. The maximum atomic E-state index is 4.69. The Bertz CT molecular complexity index is 462. The molecule has 4 bridgehead atoms. The van der Waals surface area contributed by atoms with Crippen molar-refractivity contribution < 1.29 is 0 Å². The van der Waals surface area contributed by atoms with Gasteiger partial charge in [-0.3, -0.25) is 0 Å². The number of aromatic nitrogens is 2. The smallest absolute Gasteiger partial charge is 0.0867 e. The van der Waals surface area contributed by atoms with E-state index in [0.717, 1.165) is 25.9 Å². The van der Waals surface area contributed by atoms with Crippen molar-refractivity contribution in [3.8, 4) is 0 Å². The number of hydrogen-bond acceptors (Lipinski definition) is 2. The highest BCUT2D eigenvalue weighted by Gasteiger charge is 2.52. The fourth-order valence-electron chi connectivity index (χ4n) is 5.24. The van der Waals surface area contributed by atoms with Crippen LogP contribution in [-0.4, -0.2) is 10.2 Å². The number of rotatable bonds is 1. The molecule has 19 heavy (non-hydrogen) atoms. The van der Waals surface area contributed by atoms with Crippen molar-refractivity contribution in [3.05, 3.63) is 10.9 Å². The molecule has 3 heteroatoms. The summed E-state index contributed by atoms with van der Waals surface area (Å²) in [5, 5.41) is 9.25. The van der Waals surface area contributed by atoms with Crippen molar-refractivity contribution in [3.63, 3.8) is 0 Å². The highest BCUT2D eigenvalue weighted by Crippen LogP contribution is 2.61. The van der Waals surface area contributed by atoms with Crippen molar-refractivity contribution in [2.24, 2.45) is 17.8 Å². The Morgan fingerprint density at radius 3 is 1.89 bits per heavy atom. The first-order chi connectivity index (χ1) is 8.95. The molecule has 0 aliphatic heterocycles. The van der Waals surface area contributed by atoms with E-state index in [4.69, 9.17) is 5.10 Å². The van der Waals surface area contributed by atoms with Crippen LogP contribution in [0.1, 0.15) is 70.1 Å². The number of hydrogen-bond donors (Lipinski definition) is 0. The Balaban J connectivity index is 1.70. The lowest BCUT2D eigenvalue weighted by atomic mass is 9.50. The second-order valence-corrected chi connectivity index (χ2v) is 9.67. The van der Waals surface area contributed by atoms with Gasteiger partial charge in [0.25, 0.3) is 0 Å². The van der Waals surface area contributed by atoms with E-state index in [1.54, 1.807) is 0 Å². The summed E-state index contributed by atoms with van der Waals surface area (Å²) in [6.45, 7) is 6.82. The molecule has 2 nitrogen and oxygen atoms in total. The van der Waals surface area contributed by atoms with Crippen LogP contribution < -0.4 is 0 Å². The van der Waals surface area contributed by atoms with Crippen molar-refractivity contribution in [1.29, 1.82) is 0 Å². The molecular weight excluding hydrogens is 251 g/mol. The Hall–Kier alpha value is -0.360. The van der Waals surface area contributed by atoms with Crippen molar-refractivity contribution in [2.75, 3.05) is 0 Å². The van der Waals surface area contributed by atoms with Gasteiger partial charge in [-0.05, 0) is 56.3 Å². The molecule has 1 atom stereocenters. The minimum Gasteiger partial charge on any atom is -0.150 e. The Morgan fingerprint density at radius 2 is 1.47 bits per heavy atom. The van der Waals surface area contributed by atoms with Gasteiger partial charge in [-0.1, -0.05) is 29.0 Å². The molecule has 0 saturated heterocycles. The molecule has 0 spiro atoms. The SMILES string of the molecule is CC(C)(C)c1nnc(C23CC4CC(CC(C4)C2)C3)[pH]1. The largest absolute Gasteiger partial charge is 0.150 e. The van der Waals surface area contributed by atoms with E-state index in [9.17, 15) is 0 Å². The third-order valence-electron chi connectivity index (χ3n) is 5.74. The lowest BCUT2D eigenvalue weighted by Gasteiger charge is -2.56. The molecule has 0 radical (unpaired) electrons. The fourth-order valence-corrected chi connectivity index (χ4v) is 6.61. The quantitative estimate of drug-likeness (QED) is 0.765. The predicted molar refractivity (Wildman–Crippen MR) is 80.1 cm³/mol. The molecule has 104 valence electrons. The second-order valence-electron chi connectivity index (χ2n) is 8.47. The standard InChI is InChI=1S/C16H25N2P/c1-15(2,3)13-17-18-14(19-13)16-7-10-4-11(8-16)6-12(5-10)9-16/h10-12,19H,4-9H2,1-3H3. The highest BCUT2D eigenvalue weighted by atomic mass is 31.0. The summed E-state index contributed by atoms with van der Waals surface area (Å²) in [7, 11) is 0.785. The van der Waals surface area contributed by atoms with Crippen molar-refractivity contribution >= 4 is 8.19 Å². The molecule has 0 amide bonds. The Kier molecular flexibility index (Phi) is 2.51. The Labute approximate surface area is 117 Å². The van der Waals surface area contributed by atoms with Crippen LogP contribution in [-0.2, 0) is 10.8 Å². The molecule has 4 aliphatic carbocycles. The zero-order valence-electron chi connectivity index (χ0n) is 12.4. The average Bonchev–Trinajstić information content (AvgIpc) is 2.75. The minimum absolute atomic E-state index is 0.200. The predicted octanol–water partition coefficient (Wildman–Crippen LogP) is 4.27. The van der Waals surface area contributed by atoms with Crippen molar-refractivity contribution in [1.82, 2.24) is 10.2 Å². The van der Waals surface area contributed by atoms with Gasteiger partial charge in [0.15, 0.2) is 0 Å². The van der Waals surface area contributed by atoms with E-state index >= 15 is 0 Å². The summed E-state index contributed by atoms with van der Waals surface area (Å²) in [6.07, 6.45) is 8.83. The van der Waals surface area contributed by atoms with Gasteiger partial charge in [-0.25, -0.2) is 0 Å². The second kappa shape index (κ2) is 3.85. The summed E-state index contributed by atoms with van der Waals surface area (Å²) < 4.78 is 0. The molecule has 4 aliphatic rings. The topological polar surface area (TPSA) is 25.8 Å². The molecule has 1 aromatic rings. The minimum atomic E-state index is 0.200. The highest BCUT2D eigenvalue weighted by molar-refractivity contribution is 7.31. The van der Waals surface area contributed by atoms with E-state index in [-0.39, 0.29) is 5.41 Å². The zero-order chi connectivity index (χ0) is 13.3. The van der Waals surface area contributed by atoms with Crippen LogP contribution in [0, 0.1) is 17.8 Å². The molecule has 0 N–H and O–H groups in total. The molecule has 0 aromatic carbocycles. The fraction of sp³-hybridized carbons (Fsp3) is 0.875. The van der Waals surface area contributed by atoms with E-state index in [2.05, 4.69) is 25.9 Å². The van der Waals surface area contributed by atoms with E-state index in [0.29, 0.717) is 5.41 Å². The monoisotopic (exact) mass is 276 g/mol. The first kappa shape index (κ1) is 12.4. The molecule has 1 unspecified atom stereocenters. The molecule has 5 rings (SSSR count). The maximum absolute atomic E-state index is 4.69. The van der Waals surface area contributed by atoms with E-state index < -0.39 is 0 Å². The number of nitrogens with zero attached hydrogens (tertiary/aromatic N) is 2. The summed E-state index contributed by atoms with van der Waals surface area (Å²) in [4.78, 5) is 0. The third kappa shape index (κ3) is 1.90. The van der Waals surface area contributed by atoms with Gasteiger partial charge in [0.2, 0.25) is 0 Å². The lowest BCUT2D eigenvalue weighted by Crippen LogP contribution is -2.48. The maximum Gasteiger partial charge on any atom is 0.0867 e. The summed E-state index contributed by atoms with van der Waals surface area (Å²) in [5.74, 6) is 3.03. The van der Waals surface area contributed by atoms with Crippen LogP contribution >= 0.6 is 8.19 Å². The first-order valence-electron chi connectivity index (χ1n) is 7.88. The average molecular weight is 276 g/mol. The Morgan fingerprint density at radius 1 is 0.947 bits per heavy atom. The summed E-state index contributed by atoms with van der Waals surface area (Å²) >= 11 is 0. The van der Waals surface area contributed by atoms with Crippen LogP contribution in [0.3, 0.4) is 0 Å². The van der Waals surface area contributed by atoms with Crippen LogP contribution in [0.15, 0.2) is 0 Å². The molecule has 4 fully saturated rings. The summed E-state index contributed by atoms with van der Waals surface area (Å²) in [6, 6.07) is 0. The van der Waals surface area contributed by atoms with Gasteiger partial charge >= 0.3 is 0 Å². The van der Waals surface area contributed by atoms with Crippen LogP contribution in [0.4, 0.5) is 0 Å². The lowest BCUT2D eigenvalue weighted by molar-refractivity contribution is -0.00550. The molecule has 1 aromatic heterocycles. The van der Waals surface area contributed by atoms with Gasteiger partial charge in [0, 0.05) is 10.8 Å². The van der Waals surface area contributed by atoms with E-state index in [1.807, 2.05) is 0 Å². The van der Waals surface area contributed by atoms with Crippen molar-refractivity contribution in [2.45, 2.75) is 70.1 Å². The molecular formula is C16H25N2P. The molecule has 1 heterocycles. The normalized spacial score (nSPS) is 41.3. The van der Waals surface area contributed by atoms with Crippen LogP contribution in [0.5, 0.6) is 0 Å².